The third-order valence-corrected chi connectivity index (χ3v) is 26.2. The molecule has 6 nitrogen and oxygen atoms in total. The number of carboxylic acids is 1. The molecule has 0 amide bonds. The largest absolute Gasteiger partial charge is 0.477 e. The first-order valence-corrected chi connectivity index (χ1v) is 35.3. The molecule has 404 valence electrons. The Bertz CT molecular complexity index is 3750. The Labute approximate surface area is 488 Å². The van der Waals surface area contributed by atoms with E-state index < -0.39 is 5.97 Å². The number of unbranched alkanes of at least 4 members (excludes halogenated alkanes) is 12. The van der Waals surface area contributed by atoms with Crippen molar-refractivity contribution in [2.45, 2.75) is 156 Å². The van der Waals surface area contributed by atoms with Crippen LogP contribution < -0.4 is 4.74 Å². The van der Waals surface area contributed by atoms with Crippen LogP contribution in [0, 0.1) is 0 Å². The highest BCUT2D eigenvalue weighted by Crippen LogP contribution is 2.53. The third kappa shape index (κ3) is 11.7. The van der Waals surface area contributed by atoms with Crippen LogP contribution in [0.15, 0.2) is 72.8 Å². The van der Waals surface area contributed by atoms with Crippen LogP contribution in [-0.4, -0.2) is 32.1 Å². The first-order chi connectivity index (χ1) is 37.8. The summed E-state index contributed by atoms with van der Waals surface area (Å²) >= 11 is 16.6. The minimum atomic E-state index is -0.859. The van der Waals surface area contributed by atoms with Gasteiger partial charge in [-0.05, 0) is 122 Å². The highest BCUT2D eigenvalue weighted by Gasteiger charge is 2.25. The number of aryl methyl sites for hydroxylation is 4. The second-order valence-corrected chi connectivity index (χ2v) is 29.8. The van der Waals surface area contributed by atoms with Crippen molar-refractivity contribution in [2.75, 3.05) is 6.79 Å². The molecule has 2 N–H and O–H groups in total. The van der Waals surface area contributed by atoms with E-state index in [-0.39, 0.29) is 6.79 Å². The van der Waals surface area contributed by atoms with E-state index >= 15 is 0 Å². The Hall–Kier alpha value is -3.87. The van der Waals surface area contributed by atoms with E-state index in [4.69, 9.17) is 4.74 Å². The van der Waals surface area contributed by atoms with Crippen LogP contribution in [-0.2, 0) is 25.9 Å². The molecule has 11 heterocycles. The van der Waals surface area contributed by atoms with Crippen molar-refractivity contribution in [3.05, 3.63) is 88.8 Å². The fourth-order valence-corrected chi connectivity index (χ4v) is 21.4. The molecule has 11 aromatic heterocycles. The quantitative estimate of drug-likeness (QED) is 0.0362. The van der Waals surface area contributed by atoms with Gasteiger partial charge >= 0.3 is 5.97 Å². The van der Waals surface area contributed by atoms with E-state index in [1.54, 1.807) is 17.4 Å². The Morgan fingerprint density at radius 2 is 0.805 bits per heavy atom. The number of carbonyl (C=O) groups is 1. The molecular formula is C62H68N2O4S9. The molecule has 0 aliphatic rings. The van der Waals surface area contributed by atoms with Gasteiger partial charge in [0.25, 0.3) is 0 Å². The lowest BCUT2D eigenvalue weighted by Crippen LogP contribution is -1.96. The Kier molecular flexibility index (Phi) is 18.1. The van der Waals surface area contributed by atoms with Crippen molar-refractivity contribution in [1.82, 2.24) is 9.13 Å². The molecule has 0 aliphatic carbocycles. The molecule has 11 aromatic rings. The lowest BCUT2D eigenvalue weighted by molar-refractivity contribution is 0.0702. The van der Waals surface area contributed by atoms with E-state index in [0.717, 1.165) is 47.2 Å². The maximum Gasteiger partial charge on any atom is 0.345 e. The molecule has 0 unspecified atom stereocenters. The van der Waals surface area contributed by atoms with Gasteiger partial charge in [-0.1, -0.05) is 116 Å². The van der Waals surface area contributed by atoms with E-state index in [2.05, 4.69) is 91.4 Å². The average molecular weight is 1190 g/mol. The summed E-state index contributed by atoms with van der Waals surface area (Å²) < 4.78 is 16.1. The number of carboxylic acid groups (broad SMARTS) is 1. The number of aromatic carboxylic acids is 1. The number of hydrogen-bond acceptors (Lipinski definition) is 12. The monoisotopic (exact) mass is 1190 g/mol. The summed E-state index contributed by atoms with van der Waals surface area (Å²) in [6, 6.07) is 27.4. The SMILES string of the molecule is CCCCCCc1cc(-c2ccc(-c3cc(CCCCCC)c(-c4cc5c(s4)c4sc(-c6ccc(C(=O)O)s6)cc4n5CCCCCC)s3)s2)sc1-c1cc2c(s1)c1sc(-c3ccc(OCO)s3)cc1n2CCCCCC. The predicted octanol–water partition coefficient (Wildman–Crippen LogP) is 22.9. The minimum absolute atomic E-state index is 0.309. The van der Waals surface area contributed by atoms with Crippen molar-refractivity contribution in [3.63, 3.8) is 0 Å². The lowest BCUT2D eigenvalue weighted by Gasteiger charge is -2.06. The summed E-state index contributed by atoms with van der Waals surface area (Å²) in [5, 5.41) is 19.9. The predicted molar refractivity (Wildman–Crippen MR) is 345 cm³/mol. The fourth-order valence-electron chi connectivity index (χ4n) is 10.7. The van der Waals surface area contributed by atoms with Crippen LogP contribution in [0.5, 0.6) is 5.06 Å². The molecule has 0 spiro atoms. The van der Waals surface area contributed by atoms with Crippen LogP contribution >= 0.6 is 102 Å². The van der Waals surface area contributed by atoms with Crippen molar-refractivity contribution >= 4 is 149 Å². The van der Waals surface area contributed by atoms with Gasteiger partial charge in [-0.25, -0.2) is 4.79 Å². The molecule has 77 heavy (non-hydrogen) atoms. The number of rotatable bonds is 29. The highest BCUT2D eigenvalue weighted by atomic mass is 32.1. The lowest BCUT2D eigenvalue weighted by atomic mass is 10.1. The molecule has 0 aromatic carbocycles. The summed E-state index contributed by atoms with van der Waals surface area (Å²) in [4.78, 5) is 27.9. The fraction of sp³-hybridized carbons (Fsp3) is 0.403. The number of aromatic nitrogens is 2. The number of nitrogens with zero attached hydrogens (tertiary/aromatic N) is 2. The molecule has 0 atom stereocenters. The van der Waals surface area contributed by atoms with E-state index in [9.17, 15) is 15.0 Å². The van der Waals surface area contributed by atoms with Gasteiger partial charge in [-0.3, -0.25) is 0 Å². The van der Waals surface area contributed by atoms with Gasteiger partial charge in [0, 0.05) is 71.6 Å². The Morgan fingerprint density at radius 3 is 1.25 bits per heavy atom. The Morgan fingerprint density at radius 1 is 0.416 bits per heavy atom. The normalized spacial score (nSPS) is 12.1. The molecule has 0 aliphatic heterocycles. The maximum atomic E-state index is 11.8. The Balaban J connectivity index is 0.942. The van der Waals surface area contributed by atoms with Crippen molar-refractivity contribution in [3.8, 4) is 63.6 Å². The first kappa shape index (κ1) is 55.1. The molecule has 11 rings (SSSR count). The van der Waals surface area contributed by atoms with Gasteiger partial charge in [-0.15, -0.1) is 90.7 Å². The zero-order valence-electron chi connectivity index (χ0n) is 44.6. The van der Waals surface area contributed by atoms with Gasteiger partial charge in [0.05, 0.1) is 40.9 Å². The summed E-state index contributed by atoms with van der Waals surface area (Å²) in [5.41, 5.74) is 8.31. The van der Waals surface area contributed by atoms with Gasteiger partial charge in [0.15, 0.2) is 11.9 Å². The van der Waals surface area contributed by atoms with Crippen LogP contribution in [0.4, 0.5) is 0 Å². The van der Waals surface area contributed by atoms with Crippen molar-refractivity contribution in [1.29, 1.82) is 0 Å². The van der Waals surface area contributed by atoms with Crippen LogP contribution in [0.1, 0.15) is 151 Å². The van der Waals surface area contributed by atoms with Crippen LogP contribution in [0.2, 0.25) is 0 Å². The summed E-state index contributed by atoms with van der Waals surface area (Å²) in [7, 11) is 0. The van der Waals surface area contributed by atoms with Gasteiger partial charge in [0.2, 0.25) is 0 Å². The molecule has 0 radical (unpaired) electrons. The molecular weight excluding hydrogens is 1130 g/mol. The maximum absolute atomic E-state index is 11.8. The number of aliphatic hydroxyl groups excluding tert-OH is 1. The van der Waals surface area contributed by atoms with Gasteiger partial charge in [-0.2, -0.15) is 0 Å². The zero-order chi connectivity index (χ0) is 53.0. The zero-order valence-corrected chi connectivity index (χ0v) is 51.9. The molecule has 0 saturated carbocycles. The minimum Gasteiger partial charge on any atom is -0.477 e. The molecule has 0 saturated heterocycles. The number of fused-ring (bicyclic) bond motifs is 6. The summed E-state index contributed by atoms with van der Waals surface area (Å²) in [6.07, 6.45) is 21.9. The molecule has 0 fully saturated rings. The highest BCUT2D eigenvalue weighted by molar-refractivity contribution is 7.35. The number of thiophene rings is 9. The second kappa shape index (κ2) is 25.3. The third-order valence-electron chi connectivity index (χ3n) is 14.7. The van der Waals surface area contributed by atoms with Crippen LogP contribution in [0.3, 0.4) is 0 Å². The molecule has 15 heteroatoms. The molecule has 0 bridgehead atoms. The van der Waals surface area contributed by atoms with Gasteiger partial charge in [0.1, 0.15) is 4.88 Å². The second-order valence-electron chi connectivity index (χ2n) is 20.3. The van der Waals surface area contributed by atoms with Crippen molar-refractivity contribution in [2.24, 2.45) is 0 Å². The van der Waals surface area contributed by atoms with Crippen LogP contribution in [0.25, 0.3) is 99.4 Å². The standard InChI is InChI=1S/C62H68N2O4S9/c1-5-9-13-17-21-38-31-49(72-56(38)53-35-42-60(76-53)58-40(63(42)29-19-15-11-7-3)33-51(74-58)46-25-26-48(70-46)62(66)67)44-23-24-45(69-44)50-32-39(22-18-14-10-6-2)57(73-50)54-36-43-61(77-54)59-41(64(43)30-20-16-12-8-4)34-52(75-59)47-27-28-55(71-47)68-37-65/h23-28,31-36,65H,5-22,29-30,37H2,1-4H3,(H,66,67). The van der Waals surface area contributed by atoms with E-state index in [0.29, 0.717) is 4.88 Å². The number of hydrogen-bond donors (Lipinski definition) is 2. The van der Waals surface area contributed by atoms with E-state index in [1.807, 2.05) is 91.5 Å². The van der Waals surface area contributed by atoms with Gasteiger partial charge < -0.3 is 24.1 Å². The topological polar surface area (TPSA) is 76.6 Å². The summed E-state index contributed by atoms with van der Waals surface area (Å²) in [5.74, 6) is -0.859. The smallest absolute Gasteiger partial charge is 0.345 e. The van der Waals surface area contributed by atoms with Crippen molar-refractivity contribution < 1.29 is 19.7 Å². The van der Waals surface area contributed by atoms with E-state index in [1.165, 1.54) is 208 Å². The summed E-state index contributed by atoms with van der Waals surface area (Å²) in [6.45, 7) is 10.9. The first-order valence-electron chi connectivity index (χ1n) is 27.9. The number of ether oxygens (including phenoxy) is 1. The number of aliphatic hydroxyl groups is 1. The average Bonchev–Trinajstić information content (AvgIpc) is 4.29.